The molecule has 6 nitrogen and oxygen atoms in total. The van der Waals surface area contributed by atoms with E-state index in [0.717, 1.165) is 11.8 Å². The highest BCUT2D eigenvalue weighted by molar-refractivity contribution is 7.92. The first kappa shape index (κ1) is 17.6. The lowest BCUT2D eigenvalue weighted by Crippen LogP contribution is -2.52. The zero-order valence-corrected chi connectivity index (χ0v) is 15.0. The number of carbonyl (C=O) groups excluding carboxylic acids is 1. The number of fused-ring (bicyclic) bond motifs is 1. The molecule has 0 radical (unpaired) electrons. The highest BCUT2D eigenvalue weighted by Crippen LogP contribution is 2.35. The number of nitrogens with zero attached hydrogens (tertiary/aromatic N) is 1. The Balaban J connectivity index is 2.30. The van der Waals surface area contributed by atoms with Gasteiger partial charge in [-0.3, -0.25) is 9.10 Å². The van der Waals surface area contributed by atoms with Crippen molar-refractivity contribution in [2.75, 3.05) is 17.1 Å². The number of carbonyl (C=O) groups is 1. The molecule has 0 fully saturated rings. The Labute approximate surface area is 137 Å². The van der Waals surface area contributed by atoms with Gasteiger partial charge in [0.15, 0.2) is 6.10 Å². The topological polar surface area (TPSA) is 75.7 Å². The van der Waals surface area contributed by atoms with E-state index < -0.39 is 16.1 Å². The minimum atomic E-state index is -3.49. The van der Waals surface area contributed by atoms with Gasteiger partial charge in [0.1, 0.15) is 5.75 Å². The number of anilines is 1. The number of hydrogen-bond acceptors (Lipinski definition) is 4. The van der Waals surface area contributed by atoms with Crippen molar-refractivity contribution in [2.45, 2.75) is 39.8 Å². The number of amides is 1. The van der Waals surface area contributed by atoms with Crippen molar-refractivity contribution in [3.05, 3.63) is 23.8 Å². The lowest BCUT2D eigenvalue weighted by molar-refractivity contribution is -0.128. The first-order valence-electron chi connectivity index (χ1n) is 7.65. The van der Waals surface area contributed by atoms with Crippen LogP contribution in [0.15, 0.2) is 18.2 Å². The Hall–Kier alpha value is -1.76. The molecule has 1 aromatic rings. The molecule has 1 heterocycles. The summed E-state index contributed by atoms with van der Waals surface area (Å²) < 4.78 is 31.2. The minimum Gasteiger partial charge on any atom is -0.476 e. The smallest absolute Gasteiger partial charge is 0.263 e. The molecule has 0 unspecified atom stereocenters. The van der Waals surface area contributed by atoms with E-state index in [-0.39, 0.29) is 24.4 Å². The summed E-state index contributed by atoms with van der Waals surface area (Å²) in [5, 5.41) is 2.88. The van der Waals surface area contributed by atoms with E-state index in [2.05, 4.69) is 5.32 Å². The van der Waals surface area contributed by atoms with Crippen molar-refractivity contribution in [1.82, 2.24) is 5.32 Å². The first-order chi connectivity index (χ1) is 10.6. The predicted octanol–water partition coefficient (Wildman–Crippen LogP) is 1.68. The fourth-order valence-electron chi connectivity index (χ4n) is 2.30. The lowest BCUT2D eigenvalue weighted by atomic mass is 10.1. The molecule has 1 amide bonds. The van der Waals surface area contributed by atoms with Crippen molar-refractivity contribution in [1.29, 1.82) is 0 Å². The monoisotopic (exact) mass is 340 g/mol. The lowest BCUT2D eigenvalue weighted by Gasteiger charge is -2.34. The molecule has 2 atom stereocenters. The SMILES string of the molecule is Cc1ccc2c(c1)N(S(C)(=O)=O)C[C@@H](C(=O)N[C@H](C)C(C)C)O2. The van der Waals surface area contributed by atoms with Crippen LogP contribution in [0.2, 0.25) is 0 Å². The molecule has 1 aromatic carbocycles. The highest BCUT2D eigenvalue weighted by atomic mass is 32.2. The zero-order chi connectivity index (χ0) is 17.4. The largest absolute Gasteiger partial charge is 0.476 e. The Morgan fingerprint density at radius 2 is 2.00 bits per heavy atom. The van der Waals surface area contributed by atoms with Gasteiger partial charge in [-0.15, -0.1) is 0 Å². The van der Waals surface area contributed by atoms with E-state index in [4.69, 9.17) is 4.74 Å². The summed E-state index contributed by atoms with van der Waals surface area (Å²) in [6.45, 7) is 7.79. The van der Waals surface area contributed by atoms with Crippen LogP contribution in [-0.2, 0) is 14.8 Å². The van der Waals surface area contributed by atoms with E-state index in [0.29, 0.717) is 11.4 Å². The molecule has 2 rings (SSSR count). The van der Waals surface area contributed by atoms with Gasteiger partial charge in [-0.1, -0.05) is 19.9 Å². The normalized spacial score (nSPS) is 19.0. The summed E-state index contributed by atoms with van der Waals surface area (Å²) in [5.41, 5.74) is 1.41. The zero-order valence-electron chi connectivity index (χ0n) is 14.2. The van der Waals surface area contributed by atoms with Gasteiger partial charge in [-0.25, -0.2) is 8.42 Å². The number of ether oxygens (including phenoxy) is 1. The summed E-state index contributed by atoms with van der Waals surface area (Å²) in [6, 6.07) is 5.27. The van der Waals surface area contributed by atoms with Crippen molar-refractivity contribution < 1.29 is 17.9 Å². The van der Waals surface area contributed by atoms with Gasteiger partial charge in [0, 0.05) is 6.04 Å². The predicted molar refractivity (Wildman–Crippen MR) is 90.2 cm³/mol. The van der Waals surface area contributed by atoms with Crippen molar-refractivity contribution in [2.24, 2.45) is 5.92 Å². The number of nitrogens with one attached hydrogen (secondary N) is 1. The Bertz CT molecular complexity index is 700. The van der Waals surface area contributed by atoms with E-state index >= 15 is 0 Å². The fourth-order valence-corrected chi connectivity index (χ4v) is 3.20. The maximum atomic E-state index is 12.4. The van der Waals surface area contributed by atoms with Crippen LogP contribution in [-0.4, -0.2) is 39.3 Å². The molecule has 1 aliphatic heterocycles. The van der Waals surface area contributed by atoms with Gasteiger partial charge in [-0.05, 0) is 37.5 Å². The van der Waals surface area contributed by atoms with Crippen LogP contribution in [0.1, 0.15) is 26.3 Å². The third-order valence-electron chi connectivity index (χ3n) is 4.05. The summed E-state index contributed by atoms with van der Waals surface area (Å²) in [5.74, 6) is 0.388. The van der Waals surface area contributed by atoms with Crippen LogP contribution < -0.4 is 14.4 Å². The van der Waals surface area contributed by atoms with Crippen molar-refractivity contribution in [3.63, 3.8) is 0 Å². The van der Waals surface area contributed by atoms with Crippen LogP contribution in [0.5, 0.6) is 5.75 Å². The Morgan fingerprint density at radius 1 is 1.35 bits per heavy atom. The number of benzene rings is 1. The minimum absolute atomic E-state index is 0.0165. The summed E-state index contributed by atoms with van der Waals surface area (Å²) in [7, 11) is -3.49. The Morgan fingerprint density at radius 3 is 2.57 bits per heavy atom. The van der Waals surface area contributed by atoms with Gasteiger partial charge in [-0.2, -0.15) is 0 Å². The van der Waals surface area contributed by atoms with Crippen LogP contribution in [0.4, 0.5) is 5.69 Å². The summed E-state index contributed by atoms with van der Waals surface area (Å²) in [4.78, 5) is 12.4. The molecular weight excluding hydrogens is 316 g/mol. The van der Waals surface area contributed by atoms with Crippen LogP contribution >= 0.6 is 0 Å². The second-order valence-corrected chi connectivity index (χ2v) is 8.32. The first-order valence-corrected chi connectivity index (χ1v) is 9.50. The van der Waals surface area contributed by atoms with Gasteiger partial charge < -0.3 is 10.1 Å². The van der Waals surface area contributed by atoms with Gasteiger partial charge in [0.2, 0.25) is 10.0 Å². The highest BCUT2D eigenvalue weighted by Gasteiger charge is 2.35. The second kappa shape index (κ2) is 6.39. The number of rotatable bonds is 4. The van der Waals surface area contributed by atoms with E-state index in [1.54, 1.807) is 12.1 Å². The molecule has 0 saturated carbocycles. The molecule has 0 spiro atoms. The van der Waals surface area contributed by atoms with Crippen molar-refractivity contribution >= 4 is 21.6 Å². The third kappa shape index (κ3) is 3.96. The molecule has 1 aliphatic rings. The quantitative estimate of drug-likeness (QED) is 0.905. The molecule has 23 heavy (non-hydrogen) atoms. The van der Waals surface area contributed by atoms with E-state index in [1.165, 1.54) is 4.31 Å². The van der Waals surface area contributed by atoms with Gasteiger partial charge in [0.25, 0.3) is 5.91 Å². The molecular formula is C16H24N2O4S. The van der Waals surface area contributed by atoms with E-state index in [9.17, 15) is 13.2 Å². The number of hydrogen-bond donors (Lipinski definition) is 1. The van der Waals surface area contributed by atoms with Crippen LogP contribution in [0.3, 0.4) is 0 Å². The number of aryl methyl sites for hydroxylation is 1. The average Bonchev–Trinajstić information content (AvgIpc) is 2.44. The molecule has 128 valence electrons. The van der Waals surface area contributed by atoms with Gasteiger partial charge >= 0.3 is 0 Å². The standard InChI is InChI=1S/C16H24N2O4S/c1-10(2)12(4)17-16(19)15-9-18(23(5,20)21)13-8-11(3)6-7-14(13)22-15/h6-8,10,12,15H,9H2,1-5H3,(H,17,19)/t12-,15+/m1/s1. The maximum absolute atomic E-state index is 12.4. The van der Waals surface area contributed by atoms with Crippen molar-refractivity contribution in [3.8, 4) is 5.75 Å². The third-order valence-corrected chi connectivity index (χ3v) is 5.19. The second-order valence-electron chi connectivity index (χ2n) is 6.41. The molecule has 0 saturated heterocycles. The van der Waals surface area contributed by atoms with Crippen LogP contribution in [0, 0.1) is 12.8 Å². The molecule has 0 aromatic heterocycles. The Kier molecular flexibility index (Phi) is 4.89. The average molecular weight is 340 g/mol. The van der Waals surface area contributed by atoms with Crippen LogP contribution in [0.25, 0.3) is 0 Å². The summed E-state index contributed by atoms with van der Waals surface area (Å²) >= 11 is 0. The number of sulfonamides is 1. The maximum Gasteiger partial charge on any atom is 0.263 e. The van der Waals surface area contributed by atoms with E-state index in [1.807, 2.05) is 33.8 Å². The van der Waals surface area contributed by atoms with Gasteiger partial charge in [0.05, 0.1) is 18.5 Å². The molecule has 0 bridgehead atoms. The summed E-state index contributed by atoms with van der Waals surface area (Å²) in [6.07, 6.45) is 0.275. The molecule has 7 heteroatoms. The molecule has 1 N–H and O–H groups in total. The molecule has 0 aliphatic carbocycles. The fraction of sp³-hybridized carbons (Fsp3) is 0.562.